The number of halogens is 1. The molecule has 0 saturated carbocycles. The van der Waals surface area contributed by atoms with Crippen molar-refractivity contribution in [1.82, 2.24) is 5.32 Å². The van der Waals surface area contributed by atoms with Crippen molar-refractivity contribution in [3.8, 4) is 0 Å². The fraction of sp³-hybridized carbons (Fsp3) is 0.900. The number of ether oxygens (including phenoxy) is 5. The Labute approximate surface area is 180 Å². The molecule has 0 rings (SSSR count). The summed E-state index contributed by atoms with van der Waals surface area (Å²) in [6.45, 7) is 9.80. The Morgan fingerprint density at radius 3 is 1.70 bits per heavy atom. The number of rotatable bonds is 19. The number of alkyl halides is 1. The zero-order chi connectivity index (χ0) is 23.2. The van der Waals surface area contributed by atoms with Gasteiger partial charge in [0.15, 0.2) is 5.78 Å². The zero-order valence-electron chi connectivity index (χ0n) is 19.1. The number of hydrogen-bond acceptors (Lipinski definition) is 8. The van der Waals surface area contributed by atoms with Crippen LogP contribution in [-0.2, 0) is 33.3 Å². The minimum absolute atomic E-state index is 0.0119. The van der Waals surface area contributed by atoms with Crippen LogP contribution in [0.4, 0.5) is 4.39 Å². The summed E-state index contributed by atoms with van der Waals surface area (Å²) in [6.07, 6.45) is -1.87. The van der Waals surface area contributed by atoms with Gasteiger partial charge in [-0.15, -0.1) is 0 Å². The van der Waals surface area contributed by atoms with Gasteiger partial charge in [0.25, 0.3) is 0 Å². The molecule has 1 amide bonds. The van der Waals surface area contributed by atoms with Crippen LogP contribution in [0, 0.1) is 5.92 Å². The highest BCUT2D eigenvalue weighted by molar-refractivity contribution is 5.81. The highest BCUT2D eigenvalue weighted by Crippen LogP contribution is 2.02. The zero-order valence-corrected chi connectivity index (χ0v) is 19.1. The molecule has 0 aromatic rings. The smallest absolute Gasteiger partial charge is 0.216 e. The van der Waals surface area contributed by atoms with Gasteiger partial charge in [-0.05, 0) is 14.0 Å². The van der Waals surface area contributed by atoms with Crippen molar-refractivity contribution in [2.24, 2.45) is 11.7 Å². The standard InChI is InChI=1S/C19H36FNO7.CH5N/c1-15(2)19(23)14-27-10-9-25-6-5-24-7-8-26-11-12-28-16(3)18(20)13-21-17(4)22;1-2/h15-16,18H,5-14H2,1-4H3,(H,21,22);2H2,1H3. The Balaban J connectivity index is 0. The van der Waals surface area contributed by atoms with Gasteiger partial charge in [0, 0.05) is 12.8 Å². The average molecular weight is 441 g/mol. The van der Waals surface area contributed by atoms with Gasteiger partial charge in [-0.3, -0.25) is 9.59 Å². The second-order valence-electron chi connectivity index (χ2n) is 6.54. The Morgan fingerprint density at radius 2 is 1.27 bits per heavy atom. The number of nitrogens with two attached hydrogens (primary N) is 1. The molecule has 30 heavy (non-hydrogen) atoms. The van der Waals surface area contributed by atoms with Crippen LogP contribution < -0.4 is 11.1 Å². The SMILES string of the molecule is CC(=O)NCC(F)C(C)OCCOCCOCCOCCOCC(=O)C(C)C.CN. The minimum atomic E-state index is -1.26. The molecule has 3 N–H and O–H groups in total. The maximum Gasteiger partial charge on any atom is 0.216 e. The highest BCUT2D eigenvalue weighted by Gasteiger charge is 2.16. The lowest BCUT2D eigenvalue weighted by molar-refractivity contribution is -0.127. The minimum Gasteiger partial charge on any atom is -0.377 e. The van der Waals surface area contributed by atoms with E-state index in [0.717, 1.165) is 0 Å². The van der Waals surface area contributed by atoms with E-state index < -0.39 is 12.3 Å². The molecule has 0 aliphatic heterocycles. The number of amides is 1. The lowest BCUT2D eigenvalue weighted by Gasteiger charge is -2.17. The fourth-order valence-electron chi connectivity index (χ4n) is 1.80. The summed E-state index contributed by atoms with van der Waals surface area (Å²) in [5.41, 5.74) is 4.50. The first-order valence-electron chi connectivity index (χ1n) is 10.3. The molecular weight excluding hydrogens is 399 g/mol. The van der Waals surface area contributed by atoms with Crippen molar-refractivity contribution >= 4 is 11.7 Å². The molecule has 0 aliphatic rings. The van der Waals surface area contributed by atoms with Crippen LogP contribution in [0.15, 0.2) is 0 Å². The van der Waals surface area contributed by atoms with Crippen molar-refractivity contribution in [1.29, 1.82) is 0 Å². The average Bonchev–Trinajstić information content (AvgIpc) is 2.73. The second kappa shape index (κ2) is 22.5. The summed E-state index contributed by atoms with van der Waals surface area (Å²) < 4.78 is 40.1. The normalized spacial score (nSPS) is 12.8. The van der Waals surface area contributed by atoms with Crippen LogP contribution in [0.2, 0.25) is 0 Å². The van der Waals surface area contributed by atoms with Crippen LogP contribution in [-0.4, -0.2) is 97.0 Å². The Kier molecular flexibility index (Phi) is 23.3. The van der Waals surface area contributed by atoms with Gasteiger partial charge in [-0.25, -0.2) is 4.39 Å². The van der Waals surface area contributed by atoms with E-state index in [1.165, 1.54) is 14.0 Å². The van der Waals surface area contributed by atoms with Gasteiger partial charge in [0.2, 0.25) is 5.91 Å². The third kappa shape index (κ3) is 21.5. The Hall–Kier alpha value is -1.17. The molecule has 10 heteroatoms. The Bertz CT molecular complexity index is 415. The van der Waals surface area contributed by atoms with Crippen LogP contribution in [0.1, 0.15) is 27.7 Å². The van der Waals surface area contributed by atoms with Gasteiger partial charge in [0.05, 0.1) is 65.5 Å². The number of carbonyl (C=O) groups is 2. The lowest BCUT2D eigenvalue weighted by atomic mass is 10.1. The maximum atomic E-state index is 13.6. The van der Waals surface area contributed by atoms with Crippen molar-refractivity contribution in [2.75, 3.05) is 73.1 Å². The number of ketones is 1. The third-order valence-corrected chi connectivity index (χ3v) is 3.67. The highest BCUT2D eigenvalue weighted by atomic mass is 19.1. The first kappa shape index (κ1) is 31.0. The van der Waals surface area contributed by atoms with Gasteiger partial charge >= 0.3 is 0 Å². The molecule has 0 spiro atoms. The van der Waals surface area contributed by atoms with Crippen molar-refractivity contribution in [3.63, 3.8) is 0 Å². The maximum absolute atomic E-state index is 13.6. The fourth-order valence-corrected chi connectivity index (χ4v) is 1.80. The molecule has 0 aromatic heterocycles. The molecular formula is C20H41FN2O7. The van der Waals surface area contributed by atoms with E-state index >= 15 is 0 Å². The number of hydrogen-bond donors (Lipinski definition) is 2. The second-order valence-corrected chi connectivity index (χ2v) is 6.54. The molecule has 9 nitrogen and oxygen atoms in total. The van der Waals surface area contributed by atoms with E-state index in [1.807, 2.05) is 13.8 Å². The molecule has 0 saturated heterocycles. The molecule has 0 heterocycles. The summed E-state index contributed by atoms with van der Waals surface area (Å²) in [6, 6.07) is 0. The predicted octanol–water partition coefficient (Wildman–Crippen LogP) is 0.732. The van der Waals surface area contributed by atoms with Gasteiger partial charge in [0.1, 0.15) is 12.8 Å². The van der Waals surface area contributed by atoms with Crippen LogP contribution in [0.3, 0.4) is 0 Å². The quantitative estimate of drug-likeness (QED) is 0.282. The molecule has 0 fully saturated rings. The molecule has 2 atom stereocenters. The Morgan fingerprint density at radius 1 is 0.833 bits per heavy atom. The van der Waals surface area contributed by atoms with Crippen molar-refractivity contribution in [3.05, 3.63) is 0 Å². The number of Topliss-reactive ketones (excluding diaryl/α,β-unsaturated/α-hetero) is 1. The first-order chi connectivity index (χ1) is 14.3. The van der Waals surface area contributed by atoms with E-state index in [9.17, 15) is 14.0 Å². The summed E-state index contributed by atoms with van der Waals surface area (Å²) in [5, 5.41) is 2.41. The largest absolute Gasteiger partial charge is 0.377 e. The molecule has 0 aromatic carbocycles. The summed E-state index contributed by atoms with van der Waals surface area (Å²) in [7, 11) is 1.50. The van der Waals surface area contributed by atoms with E-state index in [-0.39, 0.29) is 37.4 Å². The van der Waals surface area contributed by atoms with E-state index in [1.54, 1.807) is 6.92 Å². The number of nitrogens with one attached hydrogen (secondary N) is 1. The van der Waals surface area contributed by atoms with Gasteiger partial charge in [-0.1, -0.05) is 13.8 Å². The van der Waals surface area contributed by atoms with E-state index in [4.69, 9.17) is 23.7 Å². The monoisotopic (exact) mass is 440 g/mol. The molecule has 2 unspecified atom stereocenters. The predicted molar refractivity (Wildman–Crippen MR) is 112 cm³/mol. The first-order valence-corrected chi connectivity index (χ1v) is 10.3. The molecule has 0 bridgehead atoms. The topological polar surface area (TPSA) is 118 Å². The number of carbonyl (C=O) groups excluding carboxylic acids is 2. The lowest BCUT2D eigenvalue weighted by Crippen LogP contribution is -2.35. The molecule has 0 radical (unpaired) electrons. The summed E-state index contributed by atoms with van der Waals surface area (Å²) in [4.78, 5) is 22.0. The van der Waals surface area contributed by atoms with Crippen LogP contribution >= 0.6 is 0 Å². The van der Waals surface area contributed by atoms with E-state index in [2.05, 4.69) is 11.1 Å². The van der Waals surface area contributed by atoms with E-state index in [0.29, 0.717) is 46.2 Å². The summed E-state index contributed by atoms with van der Waals surface area (Å²) >= 11 is 0. The van der Waals surface area contributed by atoms with Gasteiger partial charge in [-0.2, -0.15) is 0 Å². The molecule has 180 valence electrons. The molecule has 0 aliphatic carbocycles. The van der Waals surface area contributed by atoms with Gasteiger partial charge < -0.3 is 34.7 Å². The third-order valence-electron chi connectivity index (χ3n) is 3.67. The van der Waals surface area contributed by atoms with Crippen molar-refractivity contribution in [2.45, 2.75) is 40.0 Å². The summed E-state index contributed by atoms with van der Waals surface area (Å²) in [5.74, 6) is -0.199. The van der Waals surface area contributed by atoms with Crippen LogP contribution in [0.5, 0.6) is 0 Å². The van der Waals surface area contributed by atoms with Crippen LogP contribution in [0.25, 0.3) is 0 Å². The van der Waals surface area contributed by atoms with Crippen molar-refractivity contribution < 1.29 is 37.7 Å².